The van der Waals surface area contributed by atoms with Crippen LogP contribution in [-0.4, -0.2) is 0 Å². The lowest BCUT2D eigenvalue weighted by molar-refractivity contribution is 1.56. The first-order valence-corrected chi connectivity index (χ1v) is 18.6. The summed E-state index contributed by atoms with van der Waals surface area (Å²) < 4.78 is 5.30. The zero-order valence-electron chi connectivity index (χ0n) is 27.1. The molecule has 2 heterocycles. The monoisotopic (exact) mass is 670 g/mol. The van der Waals surface area contributed by atoms with Gasteiger partial charge in [-0.25, -0.2) is 0 Å². The number of hydrogen-bond acceptors (Lipinski definition) is 2. The molecule has 0 atom stereocenters. The van der Waals surface area contributed by atoms with Crippen LogP contribution in [0.4, 0.5) is 0 Å². The highest BCUT2D eigenvalue weighted by Gasteiger charge is 2.18. The van der Waals surface area contributed by atoms with Gasteiger partial charge in [0.05, 0.1) is 0 Å². The fraction of sp³-hybridized carbons (Fsp3) is 0. The fourth-order valence-electron chi connectivity index (χ4n) is 7.47. The maximum atomic E-state index is 2.44. The lowest BCUT2D eigenvalue weighted by Gasteiger charge is -2.16. The highest BCUT2D eigenvalue weighted by molar-refractivity contribution is 7.26. The Hall–Kier alpha value is -5.80. The minimum absolute atomic E-state index is 1.21. The summed E-state index contributed by atoms with van der Waals surface area (Å²) in [5.41, 5.74) is 12.3. The van der Waals surface area contributed by atoms with Gasteiger partial charge in [-0.05, 0) is 104 Å². The lowest BCUT2D eigenvalue weighted by atomic mass is 9.88. The van der Waals surface area contributed by atoms with Crippen LogP contribution in [0, 0.1) is 0 Å². The Kier molecular flexibility index (Phi) is 6.97. The molecule has 234 valence electrons. The molecule has 0 saturated carbocycles. The largest absolute Gasteiger partial charge is 0.135 e. The van der Waals surface area contributed by atoms with E-state index >= 15 is 0 Å². The molecule has 0 bridgehead atoms. The topological polar surface area (TPSA) is 0 Å². The van der Waals surface area contributed by atoms with Crippen LogP contribution in [0.5, 0.6) is 0 Å². The smallest absolute Gasteiger partial charge is 0.0367 e. The molecule has 2 heteroatoms. The van der Waals surface area contributed by atoms with E-state index in [4.69, 9.17) is 0 Å². The van der Waals surface area contributed by atoms with Gasteiger partial charge < -0.3 is 0 Å². The number of hydrogen-bond donors (Lipinski definition) is 0. The van der Waals surface area contributed by atoms with E-state index in [2.05, 4.69) is 182 Å². The summed E-state index contributed by atoms with van der Waals surface area (Å²) in [6, 6.07) is 66.9. The van der Waals surface area contributed by atoms with E-state index in [1.165, 1.54) is 96.0 Å². The Bertz CT molecular complexity index is 2860. The summed E-state index contributed by atoms with van der Waals surface area (Å²) >= 11 is 3.76. The van der Waals surface area contributed by atoms with Gasteiger partial charge in [-0.2, -0.15) is 0 Å². The Labute approximate surface area is 299 Å². The molecule has 10 rings (SSSR count). The van der Waals surface area contributed by atoms with Gasteiger partial charge in [0.1, 0.15) is 0 Å². The molecule has 8 aromatic carbocycles. The van der Waals surface area contributed by atoms with Crippen molar-refractivity contribution in [2.45, 2.75) is 0 Å². The molecule has 0 aliphatic carbocycles. The molecule has 0 radical (unpaired) electrons. The third kappa shape index (κ3) is 4.96. The molecule has 0 nitrogen and oxygen atoms in total. The highest BCUT2D eigenvalue weighted by Crippen LogP contribution is 2.46. The molecule has 0 amide bonds. The molecule has 10 aromatic rings. The number of benzene rings is 8. The summed E-state index contributed by atoms with van der Waals surface area (Å²) in [5.74, 6) is 0. The normalized spacial score (nSPS) is 11.6. The zero-order chi connectivity index (χ0) is 33.0. The molecule has 2 aromatic heterocycles. The van der Waals surface area contributed by atoms with E-state index in [-0.39, 0.29) is 0 Å². The SMILES string of the molecule is c1ccc(-c2cccc(-c3ccc(-c4cc(-c5ccc6sc7ccccc7c6c5)c5c(c4)sc4ccccc45)c(-c4ccccc4)c3)c2)cc1. The van der Waals surface area contributed by atoms with Crippen molar-refractivity contribution >= 4 is 63.0 Å². The van der Waals surface area contributed by atoms with Crippen molar-refractivity contribution < 1.29 is 0 Å². The van der Waals surface area contributed by atoms with Crippen molar-refractivity contribution in [2.24, 2.45) is 0 Å². The zero-order valence-corrected chi connectivity index (χ0v) is 28.8. The predicted molar refractivity (Wildman–Crippen MR) is 219 cm³/mol. The van der Waals surface area contributed by atoms with Gasteiger partial charge in [0, 0.05) is 40.3 Å². The molecule has 0 saturated heterocycles. The molecular formula is C48H30S2. The lowest BCUT2D eigenvalue weighted by Crippen LogP contribution is -1.90. The van der Waals surface area contributed by atoms with Gasteiger partial charge in [0.15, 0.2) is 0 Å². The molecule has 50 heavy (non-hydrogen) atoms. The van der Waals surface area contributed by atoms with Crippen LogP contribution in [0.25, 0.3) is 96.0 Å². The third-order valence-electron chi connectivity index (χ3n) is 9.88. The average molecular weight is 671 g/mol. The van der Waals surface area contributed by atoms with Gasteiger partial charge in [-0.3, -0.25) is 0 Å². The molecule has 0 aliphatic heterocycles. The Morgan fingerprint density at radius 1 is 0.240 bits per heavy atom. The van der Waals surface area contributed by atoms with Gasteiger partial charge in [0.25, 0.3) is 0 Å². The molecular weight excluding hydrogens is 641 g/mol. The van der Waals surface area contributed by atoms with Crippen molar-refractivity contribution in [3.63, 3.8) is 0 Å². The molecule has 0 unspecified atom stereocenters. The fourth-order valence-corrected chi connectivity index (χ4v) is 9.73. The maximum Gasteiger partial charge on any atom is 0.0367 e. The third-order valence-corrected chi connectivity index (χ3v) is 12.2. The number of fused-ring (bicyclic) bond motifs is 6. The van der Waals surface area contributed by atoms with Crippen LogP contribution in [-0.2, 0) is 0 Å². The minimum atomic E-state index is 1.21. The summed E-state index contributed by atoms with van der Waals surface area (Å²) in [7, 11) is 0. The van der Waals surface area contributed by atoms with Crippen LogP contribution in [0.3, 0.4) is 0 Å². The number of rotatable bonds is 5. The van der Waals surface area contributed by atoms with Crippen molar-refractivity contribution in [3.8, 4) is 55.6 Å². The van der Waals surface area contributed by atoms with Crippen molar-refractivity contribution in [3.05, 3.63) is 182 Å². The van der Waals surface area contributed by atoms with Crippen LogP contribution < -0.4 is 0 Å². The first kappa shape index (κ1) is 29.1. The van der Waals surface area contributed by atoms with Crippen molar-refractivity contribution in [1.82, 2.24) is 0 Å². The molecule has 0 fully saturated rings. The van der Waals surface area contributed by atoms with E-state index in [0.717, 1.165) is 0 Å². The average Bonchev–Trinajstić information content (AvgIpc) is 3.76. The van der Waals surface area contributed by atoms with Crippen LogP contribution >= 0.6 is 22.7 Å². The van der Waals surface area contributed by atoms with Crippen LogP contribution in [0.2, 0.25) is 0 Å². The van der Waals surface area contributed by atoms with Crippen LogP contribution in [0.1, 0.15) is 0 Å². The van der Waals surface area contributed by atoms with Crippen molar-refractivity contribution in [2.75, 3.05) is 0 Å². The van der Waals surface area contributed by atoms with E-state index < -0.39 is 0 Å². The Balaban J connectivity index is 1.20. The standard InChI is InChI=1S/C48H30S2/c1-3-12-31(13-4-1)33-16-11-17-34(26-33)35-22-24-38(41(27-35)32-14-5-2-6-15-32)37-29-42(48-40-19-8-10-21-45(40)50-47(48)30-37)36-23-25-46-43(28-36)39-18-7-9-20-44(39)49-46/h1-30H. The minimum Gasteiger partial charge on any atom is -0.135 e. The molecule has 0 spiro atoms. The van der Waals surface area contributed by atoms with Gasteiger partial charge >= 0.3 is 0 Å². The second kappa shape index (κ2) is 12.0. The maximum absolute atomic E-state index is 2.44. The Morgan fingerprint density at radius 2 is 0.800 bits per heavy atom. The van der Waals surface area contributed by atoms with E-state index in [9.17, 15) is 0 Å². The van der Waals surface area contributed by atoms with E-state index in [0.29, 0.717) is 0 Å². The molecule has 0 N–H and O–H groups in total. The highest BCUT2D eigenvalue weighted by atomic mass is 32.1. The summed E-state index contributed by atoms with van der Waals surface area (Å²) in [6.45, 7) is 0. The van der Waals surface area contributed by atoms with Gasteiger partial charge in [0.2, 0.25) is 0 Å². The van der Waals surface area contributed by atoms with E-state index in [1.807, 2.05) is 22.7 Å². The first-order chi connectivity index (χ1) is 24.8. The molecule has 0 aliphatic rings. The van der Waals surface area contributed by atoms with Gasteiger partial charge in [-0.15, -0.1) is 22.7 Å². The van der Waals surface area contributed by atoms with Crippen molar-refractivity contribution in [1.29, 1.82) is 0 Å². The summed E-state index contributed by atoms with van der Waals surface area (Å²) in [6.07, 6.45) is 0. The number of thiophene rings is 2. The summed E-state index contributed by atoms with van der Waals surface area (Å²) in [5, 5.41) is 5.31. The predicted octanol–water partition coefficient (Wildman–Crippen LogP) is 14.8. The van der Waals surface area contributed by atoms with E-state index in [1.54, 1.807) is 0 Å². The van der Waals surface area contributed by atoms with Crippen LogP contribution in [0.15, 0.2) is 182 Å². The van der Waals surface area contributed by atoms with Gasteiger partial charge in [-0.1, -0.05) is 133 Å². The second-order valence-corrected chi connectivity index (χ2v) is 15.0. The second-order valence-electron chi connectivity index (χ2n) is 12.9. The summed E-state index contributed by atoms with van der Waals surface area (Å²) in [4.78, 5) is 0. The Morgan fingerprint density at radius 3 is 1.60 bits per heavy atom. The first-order valence-electron chi connectivity index (χ1n) is 17.0. The quantitative estimate of drug-likeness (QED) is 0.171.